The second-order valence-electron chi connectivity index (χ2n) is 3.40. The van der Waals surface area contributed by atoms with E-state index in [4.69, 9.17) is 16.7 Å². The van der Waals surface area contributed by atoms with E-state index in [1.54, 1.807) is 17.5 Å². The normalized spacial score (nSPS) is 10.4. The van der Waals surface area contributed by atoms with Crippen LogP contribution in [0.4, 0.5) is 5.69 Å². The zero-order valence-corrected chi connectivity index (χ0v) is 11.6. The van der Waals surface area contributed by atoms with Crippen molar-refractivity contribution in [1.29, 1.82) is 0 Å². The molecular formula is C11H6ClNO4S2. The van der Waals surface area contributed by atoms with Crippen molar-refractivity contribution in [1.82, 2.24) is 0 Å². The number of carboxylic acids is 1. The van der Waals surface area contributed by atoms with E-state index < -0.39 is 10.9 Å². The molecule has 2 aromatic rings. The van der Waals surface area contributed by atoms with Gasteiger partial charge in [0.1, 0.15) is 9.90 Å². The Morgan fingerprint density at radius 2 is 2.21 bits per heavy atom. The predicted molar refractivity (Wildman–Crippen MR) is 73.5 cm³/mol. The van der Waals surface area contributed by atoms with Crippen molar-refractivity contribution >= 4 is 46.4 Å². The summed E-state index contributed by atoms with van der Waals surface area (Å²) >= 11 is 7.99. The largest absolute Gasteiger partial charge is 0.477 e. The number of para-hydroxylation sites is 1. The van der Waals surface area contributed by atoms with Crippen LogP contribution in [-0.2, 0) is 0 Å². The molecule has 2 rings (SSSR count). The molecule has 0 saturated carbocycles. The average Bonchev–Trinajstić information content (AvgIpc) is 2.77. The van der Waals surface area contributed by atoms with Gasteiger partial charge in [-0.05, 0) is 18.2 Å². The third-order valence-corrected chi connectivity index (χ3v) is 4.54. The first-order chi connectivity index (χ1) is 8.99. The number of aromatic carboxylic acids is 1. The van der Waals surface area contributed by atoms with Gasteiger partial charge in [0.15, 0.2) is 0 Å². The third-order valence-electron chi connectivity index (χ3n) is 2.15. The Morgan fingerprint density at radius 3 is 2.79 bits per heavy atom. The van der Waals surface area contributed by atoms with Crippen LogP contribution in [0.3, 0.4) is 0 Å². The molecule has 0 radical (unpaired) electrons. The van der Waals surface area contributed by atoms with E-state index in [2.05, 4.69) is 0 Å². The fourth-order valence-corrected chi connectivity index (χ4v) is 3.54. The molecule has 1 N–H and O–H groups in total. The van der Waals surface area contributed by atoms with E-state index in [0.29, 0.717) is 9.79 Å². The first-order valence-electron chi connectivity index (χ1n) is 4.91. The monoisotopic (exact) mass is 315 g/mol. The molecule has 0 aliphatic heterocycles. The SMILES string of the molecule is O=C(O)c1cc(Sc2cccc(Cl)c2[N+](=O)[O-])cs1. The van der Waals surface area contributed by atoms with Crippen LogP contribution in [0.1, 0.15) is 9.67 Å². The highest BCUT2D eigenvalue weighted by atomic mass is 35.5. The number of carboxylic acid groups (broad SMARTS) is 1. The minimum absolute atomic E-state index is 0.0590. The summed E-state index contributed by atoms with van der Waals surface area (Å²) in [6.45, 7) is 0. The van der Waals surface area contributed by atoms with Crippen LogP contribution in [0.25, 0.3) is 0 Å². The number of nitro groups is 1. The summed E-state index contributed by atoms with van der Waals surface area (Å²) in [5, 5.41) is 21.5. The summed E-state index contributed by atoms with van der Waals surface area (Å²) < 4.78 is 0. The maximum absolute atomic E-state index is 11.0. The molecule has 0 aliphatic carbocycles. The molecule has 0 amide bonds. The first-order valence-corrected chi connectivity index (χ1v) is 6.99. The lowest BCUT2D eigenvalue weighted by Crippen LogP contribution is -1.92. The lowest BCUT2D eigenvalue weighted by Gasteiger charge is -2.02. The summed E-state index contributed by atoms with van der Waals surface area (Å²) in [6.07, 6.45) is 0. The molecule has 1 aromatic carbocycles. The van der Waals surface area contributed by atoms with Gasteiger partial charge < -0.3 is 5.11 Å². The molecule has 0 bridgehead atoms. The molecule has 5 nitrogen and oxygen atoms in total. The molecule has 0 fully saturated rings. The fraction of sp³-hybridized carbons (Fsp3) is 0. The highest BCUT2D eigenvalue weighted by Gasteiger charge is 2.20. The van der Waals surface area contributed by atoms with Crippen molar-refractivity contribution in [2.75, 3.05) is 0 Å². The number of carbonyl (C=O) groups is 1. The van der Waals surface area contributed by atoms with Gasteiger partial charge in [-0.25, -0.2) is 4.79 Å². The van der Waals surface area contributed by atoms with Crippen LogP contribution in [0.5, 0.6) is 0 Å². The summed E-state index contributed by atoms with van der Waals surface area (Å²) in [6, 6.07) is 6.11. The quantitative estimate of drug-likeness (QED) is 0.677. The van der Waals surface area contributed by atoms with Crippen LogP contribution in [-0.4, -0.2) is 16.0 Å². The van der Waals surface area contributed by atoms with Gasteiger partial charge in [-0.15, -0.1) is 11.3 Å². The first kappa shape index (κ1) is 13.9. The Morgan fingerprint density at radius 1 is 1.47 bits per heavy atom. The zero-order valence-electron chi connectivity index (χ0n) is 9.20. The van der Waals surface area contributed by atoms with Crippen molar-refractivity contribution in [3.8, 4) is 0 Å². The Balaban J connectivity index is 2.35. The van der Waals surface area contributed by atoms with Gasteiger partial charge in [0.25, 0.3) is 0 Å². The molecule has 0 saturated heterocycles. The van der Waals surface area contributed by atoms with Gasteiger partial charge in [-0.3, -0.25) is 10.1 Å². The van der Waals surface area contributed by atoms with E-state index in [9.17, 15) is 14.9 Å². The predicted octanol–water partition coefficient (Wildman–Crippen LogP) is 4.16. The third kappa shape index (κ3) is 3.06. The van der Waals surface area contributed by atoms with Crippen LogP contribution < -0.4 is 0 Å². The second-order valence-corrected chi connectivity index (χ2v) is 5.83. The molecule has 0 aliphatic rings. The van der Waals surface area contributed by atoms with Crippen molar-refractivity contribution in [2.24, 2.45) is 0 Å². The smallest absolute Gasteiger partial charge is 0.345 e. The van der Waals surface area contributed by atoms with Gasteiger partial charge in [0.05, 0.1) is 9.82 Å². The van der Waals surface area contributed by atoms with E-state index in [1.807, 2.05) is 0 Å². The number of hydrogen-bond donors (Lipinski definition) is 1. The molecule has 0 spiro atoms. The molecule has 19 heavy (non-hydrogen) atoms. The minimum Gasteiger partial charge on any atom is -0.477 e. The molecule has 1 aromatic heterocycles. The van der Waals surface area contributed by atoms with E-state index in [0.717, 1.165) is 23.1 Å². The van der Waals surface area contributed by atoms with E-state index >= 15 is 0 Å². The van der Waals surface area contributed by atoms with Crippen molar-refractivity contribution in [2.45, 2.75) is 9.79 Å². The average molecular weight is 316 g/mol. The van der Waals surface area contributed by atoms with Gasteiger partial charge in [0, 0.05) is 10.3 Å². The Labute approximate surface area is 121 Å². The Bertz CT molecular complexity index is 656. The van der Waals surface area contributed by atoms with Gasteiger partial charge in [-0.1, -0.05) is 29.4 Å². The summed E-state index contributed by atoms with van der Waals surface area (Å²) in [5.41, 5.74) is -0.169. The maximum atomic E-state index is 11.0. The Kier molecular flexibility index (Phi) is 4.08. The lowest BCUT2D eigenvalue weighted by atomic mass is 10.3. The van der Waals surface area contributed by atoms with Crippen molar-refractivity contribution < 1.29 is 14.8 Å². The second kappa shape index (κ2) is 5.60. The molecule has 1 heterocycles. The zero-order chi connectivity index (χ0) is 14.0. The molecule has 0 unspecified atom stereocenters. The maximum Gasteiger partial charge on any atom is 0.345 e. The number of benzene rings is 1. The van der Waals surface area contributed by atoms with Crippen molar-refractivity contribution in [3.63, 3.8) is 0 Å². The number of thiophene rings is 1. The molecular weight excluding hydrogens is 310 g/mol. The highest BCUT2D eigenvalue weighted by molar-refractivity contribution is 7.99. The van der Waals surface area contributed by atoms with Gasteiger partial charge >= 0.3 is 11.7 Å². The van der Waals surface area contributed by atoms with E-state index in [1.165, 1.54) is 12.1 Å². The number of nitrogens with zero attached hydrogens (tertiary/aromatic N) is 1. The molecule has 8 heteroatoms. The summed E-state index contributed by atoms with van der Waals surface area (Å²) in [4.78, 5) is 22.4. The van der Waals surface area contributed by atoms with Crippen molar-refractivity contribution in [3.05, 3.63) is 49.7 Å². The van der Waals surface area contributed by atoms with Gasteiger partial charge in [-0.2, -0.15) is 0 Å². The van der Waals surface area contributed by atoms with Gasteiger partial charge in [0.2, 0.25) is 0 Å². The van der Waals surface area contributed by atoms with E-state index in [-0.39, 0.29) is 15.6 Å². The van der Waals surface area contributed by atoms with Crippen LogP contribution in [0.15, 0.2) is 39.4 Å². The summed E-state index contributed by atoms with van der Waals surface area (Å²) in [7, 11) is 0. The lowest BCUT2D eigenvalue weighted by molar-refractivity contribution is -0.387. The molecule has 98 valence electrons. The standard InChI is InChI=1S/C11H6ClNO4S2/c12-7-2-1-3-8(10(7)13(16)17)19-6-4-9(11(14)15)18-5-6/h1-5H,(H,14,15). The number of nitro benzene ring substituents is 1. The van der Waals surface area contributed by atoms with Crippen LogP contribution >= 0.6 is 34.7 Å². The van der Waals surface area contributed by atoms with Crippen LogP contribution in [0.2, 0.25) is 5.02 Å². The van der Waals surface area contributed by atoms with Crippen LogP contribution in [0, 0.1) is 10.1 Å². The number of hydrogen-bond acceptors (Lipinski definition) is 5. The topological polar surface area (TPSA) is 80.4 Å². The number of halogens is 1. The number of rotatable bonds is 4. The Hall–Kier alpha value is -1.57. The molecule has 0 atom stereocenters. The fourth-order valence-electron chi connectivity index (χ4n) is 1.37. The summed E-state index contributed by atoms with van der Waals surface area (Å²) in [5.74, 6) is -1.02. The highest BCUT2D eigenvalue weighted by Crippen LogP contribution is 2.40. The minimum atomic E-state index is -1.02.